The van der Waals surface area contributed by atoms with Gasteiger partial charge in [0, 0.05) is 14.1 Å². The first-order valence-electron chi connectivity index (χ1n) is 4.41. The zero-order valence-electron chi connectivity index (χ0n) is 8.58. The van der Waals surface area contributed by atoms with Gasteiger partial charge in [-0.2, -0.15) is 5.26 Å². The highest BCUT2D eigenvalue weighted by Crippen LogP contribution is 1.92. The molecule has 0 aromatic rings. The molecule has 0 saturated heterocycles. The van der Waals surface area contributed by atoms with E-state index < -0.39 is 0 Å². The summed E-state index contributed by atoms with van der Waals surface area (Å²) in [5, 5.41) is 8.50. The molecule has 0 atom stereocenters. The highest BCUT2D eigenvalue weighted by atomic mass is 16.2. The molecule has 0 aliphatic rings. The highest BCUT2D eigenvalue weighted by molar-refractivity contribution is 5.77. The third kappa shape index (κ3) is 5.21. The van der Waals surface area contributed by atoms with Gasteiger partial charge in [-0.25, -0.2) is 0 Å². The van der Waals surface area contributed by atoms with Crippen LogP contribution in [0, 0.1) is 11.3 Å². The van der Waals surface area contributed by atoms with Crippen LogP contribution in [-0.2, 0) is 4.79 Å². The molecule has 0 aromatic heterocycles. The summed E-state index contributed by atoms with van der Waals surface area (Å²) >= 11 is 0. The average molecular weight is 183 g/mol. The minimum absolute atomic E-state index is 0.0451. The average Bonchev–Trinajstić information content (AvgIpc) is 2.05. The Balaban J connectivity index is 3.95. The van der Waals surface area contributed by atoms with E-state index in [1.165, 1.54) is 0 Å². The molecule has 1 amide bonds. The van der Waals surface area contributed by atoms with Crippen molar-refractivity contribution in [1.82, 2.24) is 9.80 Å². The first kappa shape index (κ1) is 11.9. The van der Waals surface area contributed by atoms with Gasteiger partial charge in [0.2, 0.25) is 5.91 Å². The number of carbonyl (C=O) groups is 1. The van der Waals surface area contributed by atoms with E-state index in [0.29, 0.717) is 13.1 Å². The summed E-state index contributed by atoms with van der Waals surface area (Å²) in [5.41, 5.74) is 0. The Kier molecular flexibility index (Phi) is 5.90. The van der Waals surface area contributed by atoms with Gasteiger partial charge < -0.3 is 4.90 Å². The lowest BCUT2D eigenvalue weighted by molar-refractivity contribution is -0.129. The predicted octanol–water partition coefficient (Wildman–Crippen LogP) is 0.310. The lowest BCUT2D eigenvalue weighted by atomic mass is 10.4. The molecule has 0 aromatic carbocycles. The number of rotatable bonds is 5. The van der Waals surface area contributed by atoms with Crippen molar-refractivity contribution >= 4 is 5.91 Å². The van der Waals surface area contributed by atoms with Crippen molar-refractivity contribution in [2.75, 3.05) is 33.7 Å². The fraction of sp³-hybridized carbons (Fsp3) is 0.778. The summed E-state index contributed by atoms with van der Waals surface area (Å²) < 4.78 is 0. The van der Waals surface area contributed by atoms with E-state index in [1.54, 1.807) is 19.0 Å². The first-order chi connectivity index (χ1) is 6.11. The fourth-order valence-corrected chi connectivity index (χ4v) is 0.963. The van der Waals surface area contributed by atoms with E-state index in [0.717, 1.165) is 13.0 Å². The van der Waals surface area contributed by atoms with Crippen LogP contribution in [0.3, 0.4) is 0 Å². The van der Waals surface area contributed by atoms with Crippen LogP contribution in [0.2, 0.25) is 0 Å². The van der Waals surface area contributed by atoms with Crippen LogP contribution in [0.15, 0.2) is 0 Å². The number of nitrogens with zero attached hydrogens (tertiary/aromatic N) is 3. The molecular weight excluding hydrogens is 166 g/mol. The molecule has 0 rings (SSSR count). The smallest absolute Gasteiger partial charge is 0.236 e. The molecule has 0 aliphatic heterocycles. The number of amides is 1. The maximum Gasteiger partial charge on any atom is 0.236 e. The maximum atomic E-state index is 11.3. The van der Waals surface area contributed by atoms with E-state index in [-0.39, 0.29) is 5.91 Å². The van der Waals surface area contributed by atoms with Crippen molar-refractivity contribution in [2.45, 2.75) is 13.3 Å². The standard InChI is InChI=1S/C9H17N3O/c1-4-6-12(7-5-10)8-9(13)11(2)3/h4,6-8H2,1-3H3. The lowest BCUT2D eigenvalue weighted by Gasteiger charge is -2.19. The molecule has 0 unspecified atom stereocenters. The molecule has 74 valence electrons. The summed E-state index contributed by atoms with van der Waals surface area (Å²) in [6, 6.07) is 2.05. The van der Waals surface area contributed by atoms with Gasteiger partial charge in [0.25, 0.3) is 0 Å². The summed E-state index contributed by atoms with van der Waals surface area (Å²) in [4.78, 5) is 14.7. The van der Waals surface area contributed by atoms with Crippen LogP contribution >= 0.6 is 0 Å². The van der Waals surface area contributed by atoms with Crippen LogP contribution in [0.25, 0.3) is 0 Å². The Bertz CT molecular complexity index is 196. The van der Waals surface area contributed by atoms with Gasteiger partial charge in [-0.3, -0.25) is 9.69 Å². The summed E-state index contributed by atoms with van der Waals surface area (Å²) in [7, 11) is 3.44. The van der Waals surface area contributed by atoms with Gasteiger partial charge in [-0.05, 0) is 13.0 Å². The molecule has 13 heavy (non-hydrogen) atoms. The molecular formula is C9H17N3O. The second-order valence-electron chi connectivity index (χ2n) is 3.16. The van der Waals surface area contributed by atoms with Crippen LogP contribution in [0.1, 0.15) is 13.3 Å². The largest absolute Gasteiger partial charge is 0.348 e. The molecule has 4 heteroatoms. The second-order valence-corrected chi connectivity index (χ2v) is 3.16. The van der Waals surface area contributed by atoms with E-state index in [1.807, 2.05) is 11.8 Å². The number of nitriles is 1. The molecule has 0 saturated carbocycles. The van der Waals surface area contributed by atoms with Crippen molar-refractivity contribution < 1.29 is 4.79 Å². The van der Waals surface area contributed by atoms with E-state index in [4.69, 9.17) is 5.26 Å². The van der Waals surface area contributed by atoms with E-state index in [9.17, 15) is 4.79 Å². The van der Waals surface area contributed by atoms with Crippen molar-refractivity contribution in [3.63, 3.8) is 0 Å². The predicted molar refractivity (Wildman–Crippen MR) is 51.0 cm³/mol. The Morgan fingerprint density at radius 2 is 2.08 bits per heavy atom. The lowest BCUT2D eigenvalue weighted by Crippen LogP contribution is -2.37. The van der Waals surface area contributed by atoms with Crippen LogP contribution < -0.4 is 0 Å². The van der Waals surface area contributed by atoms with Gasteiger partial charge in [0.05, 0.1) is 19.2 Å². The number of carbonyl (C=O) groups excluding carboxylic acids is 1. The Labute approximate surface area is 79.7 Å². The molecule has 0 spiro atoms. The van der Waals surface area contributed by atoms with Crippen molar-refractivity contribution in [3.05, 3.63) is 0 Å². The number of hydrogen-bond acceptors (Lipinski definition) is 3. The Morgan fingerprint density at radius 1 is 1.46 bits per heavy atom. The van der Waals surface area contributed by atoms with Crippen LogP contribution in [0.5, 0.6) is 0 Å². The molecule has 0 heterocycles. The van der Waals surface area contributed by atoms with Gasteiger partial charge in [-0.1, -0.05) is 6.92 Å². The highest BCUT2D eigenvalue weighted by Gasteiger charge is 2.10. The summed E-state index contributed by atoms with van der Waals surface area (Å²) in [6.07, 6.45) is 0.961. The topological polar surface area (TPSA) is 47.3 Å². The van der Waals surface area contributed by atoms with Crippen molar-refractivity contribution in [2.24, 2.45) is 0 Å². The zero-order valence-corrected chi connectivity index (χ0v) is 8.58. The maximum absolute atomic E-state index is 11.3. The molecule has 4 nitrogen and oxygen atoms in total. The minimum Gasteiger partial charge on any atom is -0.348 e. The summed E-state index contributed by atoms with van der Waals surface area (Å²) in [6.45, 7) is 3.50. The summed E-state index contributed by atoms with van der Waals surface area (Å²) in [5.74, 6) is 0.0451. The normalized spacial score (nSPS) is 9.77. The van der Waals surface area contributed by atoms with Crippen molar-refractivity contribution in [1.29, 1.82) is 5.26 Å². The number of likely N-dealkylation sites (N-methyl/N-ethyl adjacent to an activating group) is 1. The fourth-order valence-electron chi connectivity index (χ4n) is 0.963. The van der Waals surface area contributed by atoms with Gasteiger partial charge in [0.1, 0.15) is 0 Å². The molecule has 0 aliphatic carbocycles. The molecule has 0 radical (unpaired) electrons. The van der Waals surface area contributed by atoms with Crippen molar-refractivity contribution in [3.8, 4) is 6.07 Å². The van der Waals surface area contributed by atoms with Crippen LogP contribution in [0.4, 0.5) is 0 Å². The van der Waals surface area contributed by atoms with Crippen LogP contribution in [-0.4, -0.2) is 49.4 Å². The quantitative estimate of drug-likeness (QED) is 0.576. The minimum atomic E-state index is 0.0451. The Hall–Kier alpha value is -1.08. The van der Waals surface area contributed by atoms with E-state index in [2.05, 4.69) is 6.07 Å². The molecule has 0 bridgehead atoms. The van der Waals surface area contributed by atoms with Gasteiger partial charge in [-0.15, -0.1) is 0 Å². The SMILES string of the molecule is CCCN(CC#N)CC(=O)N(C)C. The molecule has 0 N–H and O–H groups in total. The van der Waals surface area contributed by atoms with Gasteiger partial charge in [0.15, 0.2) is 0 Å². The monoisotopic (exact) mass is 183 g/mol. The number of hydrogen-bond donors (Lipinski definition) is 0. The molecule has 0 fully saturated rings. The third-order valence-electron chi connectivity index (χ3n) is 1.69. The Morgan fingerprint density at radius 3 is 2.46 bits per heavy atom. The van der Waals surface area contributed by atoms with E-state index >= 15 is 0 Å². The first-order valence-corrected chi connectivity index (χ1v) is 4.41. The second kappa shape index (κ2) is 6.44. The van der Waals surface area contributed by atoms with Gasteiger partial charge >= 0.3 is 0 Å². The third-order valence-corrected chi connectivity index (χ3v) is 1.69. The zero-order chi connectivity index (χ0) is 10.3.